The molecule has 0 unspecified atom stereocenters. The lowest BCUT2D eigenvalue weighted by Crippen LogP contribution is -2.43. The fraction of sp³-hybridized carbons (Fsp3) is 0.538. The molecule has 1 aliphatic carbocycles. The Bertz CT molecular complexity index is 412. The Kier molecular flexibility index (Phi) is 2.11. The average molecular weight is 218 g/mol. The van der Waals surface area contributed by atoms with Crippen molar-refractivity contribution in [2.75, 3.05) is 25.1 Å². The molecule has 1 aromatic carbocycles. The van der Waals surface area contributed by atoms with Crippen molar-refractivity contribution in [2.45, 2.75) is 24.8 Å². The monoisotopic (exact) mass is 218 g/mol. The summed E-state index contributed by atoms with van der Waals surface area (Å²) in [5, 5.41) is 0. The van der Waals surface area contributed by atoms with Crippen LogP contribution in [0.3, 0.4) is 0 Å². The minimum atomic E-state index is -0.0761. The van der Waals surface area contributed by atoms with E-state index < -0.39 is 0 Å². The molecule has 1 fully saturated rings. The van der Waals surface area contributed by atoms with Gasteiger partial charge in [0, 0.05) is 12.6 Å². The molecule has 1 aliphatic heterocycles. The molecule has 86 valence electrons. The summed E-state index contributed by atoms with van der Waals surface area (Å²) in [6.07, 6.45) is 3.46. The predicted molar refractivity (Wildman–Crippen MR) is 64.9 cm³/mol. The molecule has 0 bridgehead atoms. The van der Waals surface area contributed by atoms with Gasteiger partial charge in [0.15, 0.2) is 0 Å². The standard InChI is InChI=1S/C13H18N2O/c1-15-7-8-16-12-4-3-10(9-11(12)15)13(14)5-2-6-13/h3-4,9H,2,5-8,14H2,1H3. The molecule has 0 radical (unpaired) electrons. The maximum atomic E-state index is 6.34. The van der Waals surface area contributed by atoms with E-state index in [4.69, 9.17) is 10.5 Å². The van der Waals surface area contributed by atoms with E-state index in [1.807, 2.05) is 0 Å². The molecule has 0 atom stereocenters. The number of hydrogen-bond acceptors (Lipinski definition) is 3. The SMILES string of the molecule is CN1CCOc2ccc(C3(N)CCC3)cc21. The van der Waals surface area contributed by atoms with Crippen molar-refractivity contribution in [2.24, 2.45) is 5.73 Å². The Morgan fingerprint density at radius 2 is 2.19 bits per heavy atom. The zero-order valence-electron chi connectivity index (χ0n) is 9.70. The Hall–Kier alpha value is -1.22. The first-order valence-corrected chi connectivity index (χ1v) is 5.96. The van der Waals surface area contributed by atoms with Crippen LogP contribution in [0, 0.1) is 0 Å². The van der Waals surface area contributed by atoms with E-state index in [9.17, 15) is 0 Å². The van der Waals surface area contributed by atoms with Crippen LogP contribution < -0.4 is 15.4 Å². The van der Waals surface area contributed by atoms with Crippen LogP contribution in [0.2, 0.25) is 0 Å². The van der Waals surface area contributed by atoms with Crippen LogP contribution in [0.4, 0.5) is 5.69 Å². The number of hydrogen-bond donors (Lipinski definition) is 1. The van der Waals surface area contributed by atoms with Gasteiger partial charge in [-0.15, -0.1) is 0 Å². The first-order chi connectivity index (χ1) is 7.69. The van der Waals surface area contributed by atoms with Gasteiger partial charge in [0.2, 0.25) is 0 Å². The Morgan fingerprint density at radius 3 is 2.88 bits per heavy atom. The van der Waals surface area contributed by atoms with E-state index >= 15 is 0 Å². The van der Waals surface area contributed by atoms with Gasteiger partial charge in [0.1, 0.15) is 12.4 Å². The second kappa shape index (κ2) is 3.39. The smallest absolute Gasteiger partial charge is 0.142 e. The fourth-order valence-corrected chi connectivity index (χ4v) is 2.51. The molecule has 16 heavy (non-hydrogen) atoms. The highest BCUT2D eigenvalue weighted by molar-refractivity contribution is 5.61. The lowest BCUT2D eigenvalue weighted by atomic mass is 9.72. The molecule has 0 amide bonds. The molecule has 2 aliphatic rings. The van der Waals surface area contributed by atoms with Gasteiger partial charge in [-0.05, 0) is 37.0 Å². The lowest BCUT2D eigenvalue weighted by Gasteiger charge is -2.39. The van der Waals surface area contributed by atoms with Crippen LogP contribution in [0.15, 0.2) is 18.2 Å². The number of fused-ring (bicyclic) bond motifs is 1. The number of rotatable bonds is 1. The van der Waals surface area contributed by atoms with Crippen LogP contribution in [-0.2, 0) is 5.54 Å². The predicted octanol–water partition coefficient (Wildman–Crippen LogP) is 1.85. The number of nitrogens with two attached hydrogens (primary N) is 1. The highest BCUT2D eigenvalue weighted by Crippen LogP contribution is 2.42. The van der Waals surface area contributed by atoms with Crippen LogP contribution in [0.5, 0.6) is 5.75 Å². The lowest BCUT2D eigenvalue weighted by molar-refractivity contribution is 0.252. The van der Waals surface area contributed by atoms with Gasteiger partial charge in [-0.25, -0.2) is 0 Å². The summed E-state index contributed by atoms with van der Waals surface area (Å²) in [6.45, 7) is 1.73. The van der Waals surface area contributed by atoms with Crippen LogP contribution in [0.1, 0.15) is 24.8 Å². The maximum Gasteiger partial charge on any atom is 0.142 e. The summed E-state index contributed by atoms with van der Waals surface area (Å²) < 4.78 is 5.63. The van der Waals surface area contributed by atoms with Crippen LogP contribution in [-0.4, -0.2) is 20.2 Å². The van der Waals surface area contributed by atoms with Crippen molar-refractivity contribution >= 4 is 5.69 Å². The average Bonchev–Trinajstić information content (AvgIpc) is 2.26. The number of nitrogens with zero attached hydrogens (tertiary/aromatic N) is 1. The summed E-state index contributed by atoms with van der Waals surface area (Å²) in [5.41, 5.74) is 8.71. The van der Waals surface area contributed by atoms with Crippen molar-refractivity contribution in [1.82, 2.24) is 0 Å². The van der Waals surface area contributed by atoms with Gasteiger partial charge >= 0.3 is 0 Å². The second-order valence-corrected chi connectivity index (χ2v) is 4.96. The van der Waals surface area contributed by atoms with E-state index in [-0.39, 0.29) is 5.54 Å². The molecule has 3 heteroatoms. The molecule has 0 spiro atoms. The number of benzene rings is 1. The fourth-order valence-electron chi connectivity index (χ4n) is 2.51. The molecule has 3 nitrogen and oxygen atoms in total. The zero-order chi connectivity index (χ0) is 11.2. The third kappa shape index (κ3) is 1.39. The van der Waals surface area contributed by atoms with E-state index in [0.29, 0.717) is 0 Å². The summed E-state index contributed by atoms with van der Waals surface area (Å²) in [7, 11) is 2.11. The maximum absolute atomic E-state index is 6.34. The van der Waals surface area contributed by atoms with Gasteiger partial charge in [0.25, 0.3) is 0 Å². The second-order valence-electron chi connectivity index (χ2n) is 4.96. The summed E-state index contributed by atoms with van der Waals surface area (Å²) in [6, 6.07) is 6.39. The molecular weight excluding hydrogens is 200 g/mol. The van der Waals surface area contributed by atoms with E-state index in [2.05, 4.69) is 30.1 Å². The van der Waals surface area contributed by atoms with E-state index in [1.165, 1.54) is 17.7 Å². The van der Waals surface area contributed by atoms with Gasteiger partial charge in [0.05, 0.1) is 12.2 Å². The largest absolute Gasteiger partial charge is 0.490 e. The normalized spacial score (nSPS) is 22.0. The van der Waals surface area contributed by atoms with Crippen LogP contribution >= 0.6 is 0 Å². The van der Waals surface area contributed by atoms with E-state index in [0.717, 1.165) is 31.7 Å². The van der Waals surface area contributed by atoms with Crippen molar-refractivity contribution in [3.63, 3.8) is 0 Å². The molecule has 1 heterocycles. The van der Waals surface area contributed by atoms with Gasteiger partial charge in [-0.2, -0.15) is 0 Å². The highest BCUT2D eigenvalue weighted by atomic mass is 16.5. The third-order valence-electron chi connectivity index (χ3n) is 3.88. The molecule has 0 saturated heterocycles. The topological polar surface area (TPSA) is 38.5 Å². The highest BCUT2D eigenvalue weighted by Gasteiger charge is 2.35. The minimum absolute atomic E-state index is 0.0761. The number of anilines is 1. The first-order valence-electron chi connectivity index (χ1n) is 5.96. The Balaban J connectivity index is 2.00. The first kappa shape index (κ1) is 9.97. The Labute approximate surface area is 96.2 Å². The summed E-state index contributed by atoms with van der Waals surface area (Å²) >= 11 is 0. The molecule has 3 rings (SSSR count). The van der Waals surface area contributed by atoms with Crippen molar-refractivity contribution in [1.29, 1.82) is 0 Å². The molecule has 1 saturated carbocycles. The summed E-state index contributed by atoms with van der Waals surface area (Å²) in [5.74, 6) is 0.987. The van der Waals surface area contributed by atoms with Crippen LogP contribution in [0.25, 0.3) is 0 Å². The Morgan fingerprint density at radius 1 is 1.38 bits per heavy atom. The molecule has 2 N–H and O–H groups in total. The number of likely N-dealkylation sites (N-methyl/N-ethyl adjacent to an activating group) is 1. The van der Waals surface area contributed by atoms with Crippen molar-refractivity contribution in [3.05, 3.63) is 23.8 Å². The third-order valence-corrected chi connectivity index (χ3v) is 3.88. The quantitative estimate of drug-likeness (QED) is 0.782. The summed E-state index contributed by atoms with van der Waals surface area (Å²) in [4.78, 5) is 2.24. The minimum Gasteiger partial charge on any atom is -0.490 e. The molecule has 1 aromatic rings. The van der Waals surface area contributed by atoms with Gasteiger partial charge in [-0.3, -0.25) is 0 Å². The van der Waals surface area contributed by atoms with Crippen molar-refractivity contribution in [3.8, 4) is 5.75 Å². The zero-order valence-corrected chi connectivity index (χ0v) is 9.70. The van der Waals surface area contributed by atoms with Crippen molar-refractivity contribution < 1.29 is 4.74 Å². The van der Waals surface area contributed by atoms with E-state index in [1.54, 1.807) is 0 Å². The number of ether oxygens (including phenoxy) is 1. The molecule has 0 aromatic heterocycles. The molecular formula is C13H18N2O. The van der Waals surface area contributed by atoms with Gasteiger partial charge in [-0.1, -0.05) is 6.07 Å². The van der Waals surface area contributed by atoms with Gasteiger partial charge < -0.3 is 15.4 Å².